The molecule has 5 nitrogen and oxygen atoms in total. The molecule has 0 spiro atoms. The summed E-state index contributed by atoms with van der Waals surface area (Å²) in [5, 5.41) is 2.55. The molecule has 0 aliphatic heterocycles. The molecule has 0 unspecified atom stereocenters. The van der Waals surface area contributed by atoms with E-state index in [9.17, 15) is 17.6 Å². The highest BCUT2D eigenvalue weighted by atomic mass is 32.2. The Balaban J connectivity index is 2.28. The van der Waals surface area contributed by atoms with Crippen LogP contribution in [0.1, 0.15) is 24.2 Å². The number of anilines is 1. The summed E-state index contributed by atoms with van der Waals surface area (Å²) in [6.07, 6.45) is 0. The Labute approximate surface area is 141 Å². The van der Waals surface area contributed by atoms with Crippen molar-refractivity contribution in [3.63, 3.8) is 0 Å². The van der Waals surface area contributed by atoms with Gasteiger partial charge in [0.25, 0.3) is 5.91 Å². The number of amides is 1. The van der Waals surface area contributed by atoms with E-state index >= 15 is 0 Å². The lowest BCUT2D eigenvalue weighted by atomic mass is 10.2. The quantitative estimate of drug-likeness (QED) is 0.870. The smallest absolute Gasteiger partial charge is 0.255 e. The van der Waals surface area contributed by atoms with Gasteiger partial charge in [0.05, 0.1) is 4.90 Å². The summed E-state index contributed by atoms with van der Waals surface area (Å²) in [5.74, 6) is -0.970. The minimum atomic E-state index is -3.64. The summed E-state index contributed by atoms with van der Waals surface area (Å²) in [6, 6.07) is 11.3. The van der Waals surface area contributed by atoms with Crippen LogP contribution in [0.5, 0.6) is 0 Å². The van der Waals surface area contributed by atoms with Crippen molar-refractivity contribution in [2.75, 3.05) is 18.4 Å². The lowest BCUT2D eigenvalue weighted by Gasteiger charge is -2.18. The summed E-state index contributed by atoms with van der Waals surface area (Å²) >= 11 is 0. The monoisotopic (exact) mass is 350 g/mol. The molecule has 24 heavy (non-hydrogen) atoms. The molecule has 1 N–H and O–H groups in total. The van der Waals surface area contributed by atoms with Crippen molar-refractivity contribution in [1.82, 2.24) is 4.31 Å². The van der Waals surface area contributed by atoms with E-state index < -0.39 is 21.7 Å². The molecule has 0 radical (unpaired) electrons. The van der Waals surface area contributed by atoms with Crippen LogP contribution in [0, 0.1) is 5.82 Å². The molecule has 0 saturated carbocycles. The fourth-order valence-corrected chi connectivity index (χ4v) is 3.78. The van der Waals surface area contributed by atoms with Crippen LogP contribution in [0.25, 0.3) is 0 Å². The number of hydrogen-bond donors (Lipinski definition) is 1. The van der Waals surface area contributed by atoms with Gasteiger partial charge >= 0.3 is 0 Å². The molecule has 0 saturated heterocycles. The van der Waals surface area contributed by atoms with E-state index in [1.807, 2.05) is 0 Å². The van der Waals surface area contributed by atoms with Crippen LogP contribution < -0.4 is 5.32 Å². The van der Waals surface area contributed by atoms with Crippen LogP contribution in [-0.2, 0) is 10.0 Å². The summed E-state index contributed by atoms with van der Waals surface area (Å²) < 4.78 is 39.5. The average molecular weight is 350 g/mol. The first-order chi connectivity index (χ1) is 11.4. The number of nitrogens with one attached hydrogen (secondary N) is 1. The standard InChI is InChI=1S/C17H19FN2O3S/c1-3-20(4-2)24(22,23)16-10-5-7-13(11-16)17(21)19-15-9-6-8-14(18)12-15/h5-12H,3-4H2,1-2H3,(H,19,21). The summed E-state index contributed by atoms with van der Waals surface area (Å²) in [4.78, 5) is 12.3. The Kier molecular flexibility index (Phi) is 5.69. The van der Waals surface area contributed by atoms with Gasteiger partial charge in [0.15, 0.2) is 0 Å². The topological polar surface area (TPSA) is 66.5 Å². The number of hydrogen-bond acceptors (Lipinski definition) is 3. The van der Waals surface area contributed by atoms with E-state index in [4.69, 9.17) is 0 Å². The van der Waals surface area contributed by atoms with Gasteiger partial charge in [-0.05, 0) is 36.4 Å². The van der Waals surface area contributed by atoms with Crippen LogP contribution >= 0.6 is 0 Å². The van der Waals surface area contributed by atoms with Crippen LogP contribution in [0.3, 0.4) is 0 Å². The lowest BCUT2D eigenvalue weighted by Crippen LogP contribution is -2.30. The van der Waals surface area contributed by atoms with Gasteiger partial charge in [-0.3, -0.25) is 4.79 Å². The Morgan fingerprint density at radius 1 is 1.08 bits per heavy atom. The molecule has 128 valence electrons. The van der Waals surface area contributed by atoms with Gasteiger partial charge in [-0.15, -0.1) is 0 Å². The molecular formula is C17H19FN2O3S. The van der Waals surface area contributed by atoms with Crippen molar-refractivity contribution >= 4 is 21.6 Å². The molecule has 0 aliphatic carbocycles. The van der Waals surface area contributed by atoms with Crippen molar-refractivity contribution < 1.29 is 17.6 Å². The van der Waals surface area contributed by atoms with Gasteiger partial charge in [-0.25, -0.2) is 12.8 Å². The maximum absolute atomic E-state index is 13.2. The van der Waals surface area contributed by atoms with Gasteiger partial charge in [0, 0.05) is 24.3 Å². The van der Waals surface area contributed by atoms with Crippen molar-refractivity contribution in [3.8, 4) is 0 Å². The molecule has 0 atom stereocenters. The Morgan fingerprint density at radius 2 is 1.75 bits per heavy atom. The predicted octanol–water partition coefficient (Wildman–Crippen LogP) is 3.11. The highest BCUT2D eigenvalue weighted by Crippen LogP contribution is 2.18. The van der Waals surface area contributed by atoms with E-state index in [2.05, 4.69) is 5.32 Å². The number of halogens is 1. The Morgan fingerprint density at radius 3 is 2.38 bits per heavy atom. The molecule has 2 aromatic rings. The number of carbonyl (C=O) groups excluding carboxylic acids is 1. The second-order valence-electron chi connectivity index (χ2n) is 5.08. The van der Waals surface area contributed by atoms with Crippen molar-refractivity contribution in [2.24, 2.45) is 0 Å². The van der Waals surface area contributed by atoms with Gasteiger partial charge in [-0.2, -0.15) is 4.31 Å². The molecule has 0 aromatic heterocycles. The average Bonchev–Trinajstić information content (AvgIpc) is 2.56. The normalized spacial score (nSPS) is 11.5. The molecule has 2 aromatic carbocycles. The van der Waals surface area contributed by atoms with Crippen LogP contribution in [0.15, 0.2) is 53.4 Å². The molecule has 1 amide bonds. The zero-order valence-corrected chi connectivity index (χ0v) is 14.3. The summed E-state index contributed by atoms with van der Waals surface area (Å²) in [7, 11) is -3.64. The molecule has 0 fully saturated rings. The number of rotatable bonds is 6. The van der Waals surface area contributed by atoms with Crippen LogP contribution in [0.2, 0.25) is 0 Å². The predicted molar refractivity (Wildman–Crippen MR) is 90.9 cm³/mol. The number of benzene rings is 2. The first-order valence-electron chi connectivity index (χ1n) is 7.55. The van der Waals surface area contributed by atoms with Gasteiger partial charge in [0.2, 0.25) is 10.0 Å². The molecule has 0 heterocycles. The highest BCUT2D eigenvalue weighted by molar-refractivity contribution is 7.89. The van der Waals surface area contributed by atoms with Crippen molar-refractivity contribution in [1.29, 1.82) is 0 Å². The maximum Gasteiger partial charge on any atom is 0.255 e. The van der Waals surface area contributed by atoms with Crippen LogP contribution in [-0.4, -0.2) is 31.7 Å². The maximum atomic E-state index is 13.2. The van der Waals surface area contributed by atoms with Crippen LogP contribution in [0.4, 0.5) is 10.1 Å². The molecule has 7 heteroatoms. The Hall–Kier alpha value is -2.25. The zero-order chi connectivity index (χ0) is 17.7. The second-order valence-corrected chi connectivity index (χ2v) is 7.02. The largest absolute Gasteiger partial charge is 0.322 e. The van der Waals surface area contributed by atoms with E-state index in [1.165, 1.54) is 46.8 Å². The lowest BCUT2D eigenvalue weighted by molar-refractivity contribution is 0.102. The fraction of sp³-hybridized carbons (Fsp3) is 0.235. The second kappa shape index (κ2) is 7.55. The summed E-state index contributed by atoms with van der Waals surface area (Å²) in [6.45, 7) is 4.19. The minimum Gasteiger partial charge on any atom is -0.322 e. The third-order valence-electron chi connectivity index (χ3n) is 3.52. The third kappa shape index (κ3) is 3.98. The highest BCUT2D eigenvalue weighted by Gasteiger charge is 2.22. The van der Waals surface area contributed by atoms with E-state index in [1.54, 1.807) is 19.9 Å². The van der Waals surface area contributed by atoms with Gasteiger partial charge in [0.1, 0.15) is 5.82 Å². The molecular weight excluding hydrogens is 331 g/mol. The van der Waals surface area contributed by atoms with Gasteiger partial charge < -0.3 is 5.32 Å². The van der Waals surface area contributed by atoms with Crippen molar-refractivity contribution in [3.05, 3.63) is 59.9 Å². The Bertz CT molecular complexity index is 833. The molecule has 0 bridgehead atoms. The first-order valence-corrected chi connectivity index (χ1v) is 8.99. The number of nitrogens with zero attached hydrogens (tertiary/aromatic N) is 1. The van der Waals surface area contributed by atoms with E-state index in [0.29, 0.717) is 18.8 Å². The minimum absolute atomic E-state index is 0.0538. The zero-order valence-electron chi connectivity index (χ0n) is 13.5. The molecule has 2 rings (SSSR count). The number of carbonyl (C=O) groups is 1. The molecule has 0 aliphatic rings. The van der Waals surface area contributed by atoms with Crippen molar-refractivity contribution in [2.45, 2.75) is 18.7 Å². The third-order valence-corrected chi connectivity index (χ3v) is 5.57. The first kappa shape index (κ1) is 18.1. The van der Waals surface area contributed by atoms with Gasteiger partial charge in [-0.1, -0.05) is 26.0 Å². The fourth-order valence-electron chi connectivity index (χ4n) is 2.28. The number of sulfonamides is 1. The SMILES string of the molecule is CCN(CC)S(=O)(=O)c1cccc(C(=O)Nc2cccc(F)c2)c1. The van der Waals surface area contributed by atoms with E-state index in [-0.39, 0.29) is 10.5 Å². The van der Waals surface area contributed by atoms with E-state index in [0.717, 1.165) is 0 Å². The summed E-state index contributed by atoms with van der Waals surface area (Å²) in [5.41, 5.74) is 0.490.